The molecule has 1 aliphatic rings. The molecule has 1 atom stereocenters. The fraction of sp³-hybridized carbons (Fsp3) is 0.417. The van der Waals surface area contributed by atoms with Gasteiger partial charge in [-0.3, -0.25) is 9.97 Å². The van der Waals surface area contributed by atoms with E-state index in [-0.39, 0.29) is 0 Å². The Labute approximate surface area is 99.7 Å². The SMILES string of the molecule is c1cnc(-c2cnc(C3CCCCN3)[nH]2)cn1. The summed E-state index contributed by atoms with van der Waals surface area (Å²) in [6, 6.07) is 0.356. The molecule has 0 saturated carbocycles. The van der Waals surface area contributed by atoms with Crippen LogP contribution in [0, 0.1) is 0 Å². The molecular weight excluding hydrogens is 214 g/mol. The van der Waals surface area contributed by atoms with Crippen LogP contribution in [-0.4, -0.2) is 26.5 Å². The fourth-order valence-corrected chi connectivity index (χ4v) is 2.17. The van der Waals surface area contributed by atoms with E-state index in [1.165, 1.54) is 12.8 Å². The molecule has 3 heterocycles. The van der Waals surface area contributed by atoms with Gasteiger partial charge in [0.2, 0.25) is 0 Å². The molecule has 1 unspecified atom stereocenters. The van der Waals surface area contributed by atoms with E-state index in [4.69, 9.17) is 0 Å². The first-order valence-corrected chi connectivity index (χ1v) is 5.98. The van der Waals surface area contributed by atoms with Gasteiger partial charge in [-0.05, 0) is 19.4 Å². The summed E-state index contributed by atoms with van der Waals surface area (Å²) in [5, 5.41) is 3.47. The van der Waals surface area contributed by atoms with Gasteiger partial charge in [0.15, 0.2) is 0 Å². The van der Waals surface area contributed by atoms with Crippen molar-refractivity contribution < 1.29 is 0 Å². The highest BCUT2D eigenvalue weighted by atomic mass is 15.0. The molecule has 5 nitrogen and oxygen atoms in total. The zero-order valence-electron chi connectivity index (χ0n) is 9.56. The average molecular weight is 229 g/mol. The van der Waals surface area contributed by atoms with Crippen LogP contribution in [0.4, 0.5) is 0 Å². The highest BCUT2D eigenvalue weighted by Gasteiger charge is 2.17. The number of piperidine rings is 1. The first-order chi connectivity index (χ1) is 8.43. The normalized spacial score (nSPS) is 20.4. The summed E-state index contributed by atoms with van der Waals surface area (Å²) < 4.78 is 0. The van der Waals surface area contributed by atoms with Crippen LogP contribution in [0.5, 0.6) is 0 Å². The van der Waals surface area contributed by atoms with Crippen LogP contribution in [0.1, 0.15) is 31.1 Å². The lowest BCUT2D eigenvalue weighted by Gasteiger charge is -2.21. The zero-order valence-corrected chi connectivity index (χ0v) is 9.56. The van der Waals surface area contributed by atoms with Crippen LogP contribution in [0.25, 0.3) is 11.4 Å². The van der Waals surface area contributed by atoms with Crippen molar-refractivity contribution in [3.8, 4) is 11.4 Å². The van der Waals surface area contributed by atoms with E-state index in [9.17, 15) is 0 Å². The van der Waals surface area contributed by atoms with E-state index in [1.54, 1.807) is 18.6 Å². The highest BCUT2D eigenvalue weighted by Crippen LogP contribution is 2.22. The third kappa shape index (κ3) is 2.19. The number of nitrogens with zero attached hydrogens (tertiary/aromatic N) is 3. The van der Waals surface area contributed by atoms with Gasteiger partial charge in [0, 0.05) is 12.4 Å². The standard InChI is InChI=1S/C12H15N5/c1-2-4-14-9(3-1)12-16-8-11(17-12)10-7-13-5-6-15-10/h5-9,14H,1-4H2,(H,16,17). The molecule has 0 aromatic carbocycles. The first kappa shape index (κ1) is 10.4. The van der Waals surface area contributed by atoms with Gasteiger partial charge in [-0.25, -0.2) is 4.98 Å². The Balaban J connectivity index is 1.83. The number of H-pyrrole nitrogens is 1. The average Bonchev–Trinajstić information content (AvgIpc) is 2.90. The van der Waals surface area contributed by atoms with Crippen LogP contribution >= 0.6 is 0 Å². The number of rotatable bonds is 2. The smallest absolute Gasteiger partial charge is 0.123 e. The maximum atomic E-state index is 4.43. The number of hydrogen-bond acceptors (Lipinski definition) is 4. The Morgan fingerprint density at radius 3 is 2.88 bits per heavy atom. The van der Waals surface area contributed by atoms with Gasteiger partial charge in [0.05, 0.1) is 24.1 Å². The number of hydrogen-bond donors (Lipinski definition) is 2. The molecule has 2 N–H and O–H groups in total. The van der Waals surface area contributed by atoms with Crippen molar-refractivity contribution in [3.63, 3.8) is 0 Å². The van der Waals surface area contributed by atoms with E-state index >= 15 is 0 Å². The number of aromatic amines is 1. The topological polar surface area (TPSA) is 66.5 Å². The van der Waals surface area contributed by atoms with Crippen LogP contribution in [-0.2, 0) is 0 Å². The molecule has 3 rings (SSSR count). The fourth-order valence-electron chi connectivity index (χ4n) is 2.17. The first-order valence-electron chi connectivity index (χ1n) is 5.98. The van der Waals surface area contributed by atoms with Gasteiger partial charge in [0.25, 0.3) is 0 Å². The van der Waals surface area contributed by atoms with Gasteiger partial charge in [0.1, 0.15) is 11.5 Å². The van der Waals surface area contributed by atoms with Gasteiger partial charge in [-0.2, -0.15) is 0 Å². The molecule has 1 aliphatic heterocycles. The summed E-state index contributed by atoms with van der Waals surface area (Å²) in [6.45, 7) is 1.08. The number of nitrogens with one attached hydrogen (secondary N) is 2. The van der Waals surface area contributed by atoms with Crippen molar-refractivity contribution in [2.75, 3.05) is 6.54 Å². The van der Waals surface area contributed by atoms with Gasteiger partial charge in [-0.15, -0.1) is 0 Å². The minimum Gasteiger partial charge on any atom is -0.339 e. The quantitative estimate of drug-likeness (QED) is 0.822. The monoisotopic (exact) mass is 229 g/mol. The molecule has 88 valence electrons. The molecule has 5 heteroatoms. The number of imidazole rings is 1. The van der Waals surface area contributed by atoms with Crippen LogP contribution in [0.2, 0.25) is 0 Å². The van der Waals surface area contributed by atoms with E-state index in [1.807, 2.05) is 6.20 Å². The molecule has 2 aromatic heterocycles. The summed E-state index contributed by atoms with van der Waals surface area (Å²) >= 11 is 0. The molecular formula is C12H15N5. The van der Waals surface area contributed by atoms with Crippen LogP contribution < -0.4 is 5.32 Å². The maximum absolute atomic E-state index is 4.43. The lowest BCUT2D eigenvalue weighted by molar-refractivity contribution is 0.399. The Bertz CT molecular complexity index is 473. The van der Waals surface area contributed by atoms with E-state index < -0.39 is 0 Å². The lowest BCUT2D eigenvalue weighted by atomic mass is 10.0. The zero-order chi connectivity index (χ0) is 11.5. The van der Waals surface area contributed by atoms with Gasteiger partial charge >= 0.3 is 0 Å². The lowest BCUT2D eigenvalue weighted by Crippen LogP contribution is -2.27. The Hall–Kier alpha value is -1.75. The third-order valence-electron chi connectivity index (χ3n) is 3.07. The summed E-state index contributed by atoms with van der Waals surface area (Å²) in [6.07, 6.45) is 10.6. The van der Waals surface area contributed by atoms with Crippen LogP contribution in [0.15, 0.2) is 24.8 Å². The van der Waals surface area contributed by atoms with Crippen molar-refractivity contribution in [1.29, 1.82) is 0 Å². The van der Waals surface area contributed by atoms with Gasteiger partial charge in [-0.1, -0.05) is 6.42 Å². The van der Waals surface area contributed by atoms with Crippen molar-refractivity contribution >= 4 is 0 Å². The third-order valence-corrected chi connectivity index (χ3v) is 3.07. The minimum absolute atomic E-state index is 0.356. The molecule has 1 fully saturated rings. The molecule has 0 bridgehead atoms. The van der Waals surface area contributed by atoms with E-state index in [0.717, 1.165) is 30.2 Å². The Morgan fingerprint density at radius 1 is 1.12 bits per heavy atom. The molecule has 17 heavy (non-hydrogen) atoms. The molecule has 2 aromatic rings. The van der Waals surface area contributed by atoms with E-state index in [2.05, 4.69) is 25.3 Å². The summed E-state index contributed by atoms with van der Waals surface area (Å²) in [4.78, 5) is 16.1. The van der Waals surface area contributed by atoms with Crippen molar-refractivity contribution in [3.05, 3.63) is 30.6 Å². The minimum atomic E-state index is 0.356. The largest absolute Gasteiger partial charge is 0.339 e. The Kier molecular flexibility index (Phi) is 2.83. The van der Waals surface area contributed by atoms with E-state index in [0.29, 0.717) is 6.04 Å². The summed E-state index contributed by atoms with van der Waals surface area (Å²) in [5.41, 5.74) is 1.77. The predicted octanol–water partition coefficient (Wildman–Crippen LogP) is 1.68. The summed E-state index contributed by atoms with van der Waals surface area (Å²) in [5.74, 6) is 1.00. The number of aromatic nitrogens is 4. The second-order valence-corrected chi connectivity index (χ2v) is 4.28. The molecule has 0 aliphatic carbocycles. The van der Waals surface area contributed by atoms with Crippen molar-refractivity contribution in [2.45, 2.75) is 25.3 Å². The van der Waals surface area contributed by atoms with Crippen molar-refractivity contribution in [2.24, 2.45) is 0 Å². The van der Waals surface area contributed by atoms with Gasteiger partial charge < -0.3 is 10.3 Å². The molecule has 0 spiro atoms. The molecule has 0 amide bonds. The van der Waals surface area contributed by atoms with Crippen molar-refractivity contribution in [1.82, 2.24) is 25.3 Å². The maximum Gasteiger partial charge on any atom is 0.123 e. The molecule has 1 saturated heterocycles. The van der Waals surface area contributed by atoms with Crippen LogP contribution in [0.3, 0.4) is 0 Å². The molecule has 0 radical (unpaired) electrons. The second-order valence-electron chi connectivity index (χ2n) is 4.28. The predicted molar refractivity (Wildman–Crippen MR) is 64.2 cm³/mol. The second kappa shape index (κ2) is 4.63. The summed E-state index contributed by atoms with van der Waals surface area (Å²) in [7, 11) is 0. The highest BCUT2D eigenvalue weighted by molar-refractivity contribution is 5.51. The Morgan fingerprint density at radius 2 is 2.12 bits per heavy atom.